The lowest BCUT2D eigenvalue weighted by molar-refractivity contribution is 0.332. The molecular formula is C5H14BO3P. The van der Waals surface area contributed by atoms with E-state index in [0.29, 0.717) is 0 Å². The highest BCUT2D eigenvalue weighted by Gasteiger charge is 2.28. The quantitative estimate of drug-likeness (QED) is 0.495. The largest absolute Gasteiger partial charge is 0.332 e. The Morgan fingerprint density at radius 2 is 1.90 bits per heavy atom. The normalized spacial score (nSPS) is 18.1. The van der Waals surface area contributed by atoms with Gasteiger partial charge in [0.25, 0.3) is 14.5 Å². The van der Waals surface area contributed by atoms with Crippen LogP contribution in [0.1, 0.15) is 20.8 Å². The molecule has 0 aliphatic carbocycles. The first kappa shape index (κ1) is 10.2. The van der Waals surface area contributed by atoms with Crippen LogP contribution in [0.5, 0.6) is 0 Å². The van der Waals surface area contributed by atoms with Crippen molar-refractivity contribution >= 4 is 14.5 Å². The van der Waals surface area contributed by atoms with Crippen LogP contribution in [0.3, 0.4) is 0 Å². The lowest BCUT2D eigenvalue weighted by Crippen LogP contribution is -2.09. The van der Waals surface area contributed by atoms with Crippen molar-refractivity contribution in [1.29, 1.82) is 0 Å². The van der Waals surface area contributed by atoms with Crippen molar-refractivity contribution in [2.24, 2.45) is 0 Å². The average Bonchev–Trinajstić information content (AvgIpc) is 1.60. The van der Waals surface area contributed by atoms with Crippen LogP contribution in [0.4, 0.5) is 0 Å². The van der Waals surface area contributed by atoms with Gasteiger partial charge in [-0.05, 0) is 5.31 Å². The first-order valence-electron chi connectivity index (χ1n) is 3.14. The van der Waals surface area contributed by atoms with Crippen LogP contribution in [0, 0.1) is 0 Å². The van der Waals surface area contributed by atoms with Gasteiger partial charge in [0.1, 0.15) is 0 Å². The first-order chi connectivity index (χ1) is 4.27. The molecule has 0 aromatic carbocycles. The molecule has 0 aromatic rings. The third-order valence-corrected chi connectivity index (χ3v) is 2.88. The predicted molar refractivity (Wildman–Crippen MR) is 43.7 cm³/mol. The second-order valence-electron chi connectivity index (χ2n) is 3.54. The topological polar surface area (TPSA) is 46.5 Å². The maximum Gasteiger partial charge on any atom is 0.275 e. The molecule has 1 unspecified atom stereocenters. The fraction of sp³-hybridized carbons (Fsp3) is 1.00. The number of hydrogen-bond donors (Lipinski definition) is 1. The second kappa shape index (κ2) is 3.08. The van der Waals surface area contributed by atoms with E-state index >= 15 is 0 Å². The van der Waals surface area contributed by atoms with Crippen LogP contribution in [0.15, 0.2) is 0 Å². The molecule has 0 aliphatic heterocycles. The van der Waals surface area contributed by atoms with Crippen LogP contribution in [0.2, 0.25) is 5.31 Å². The fourth-order valence-electron chi connectivity index (χ4n) is 0.664. The van der Waals surface area contributed by atoms with Crippen molar-refractivity contribution in [1.82, 2.24) is 0 Å². The van der Waals surface area contributed by atoms with E-state index in [1.807, 2.05) is 20.8 Å². The van der Waals surface area contributed by atoms with Crippen LogP contribution in [-0.4, -0.2) is 19.0 Å². The SMILES string of the molecule is COP(=O)(O)BC(C)(C)C. The minimum atomic E-state index is -3.29. The van der Waals surface area contributed by atoms with Crippen molar-refractivity contribution < 1.29 is 14.0 Å². The summed E-state index contributed by atoms with van der Waals surface area (Å²) in [6.45, 7) is 5.90. The highest BCUT2D eigenvalue weighted by Crippen LogP contribution is 2.46. The zero-order valence-electron chi connectivity index (χ0n) is 6.92. The summed E-state index contributed by atoms with van der Waals surface area (Å²) in [5.41, 5.74) is 0. The second-order valence-corrected chi connectivity index (χ2v) is 5.50. The molecule has 0 aromatic heterocycles. The van der Waals surface area contributed by atoms with Crippen LogP contribution < -0.4 is 0 Å². The molecule has 1 atom stereocenters. The Morgan fingerprint density at radius 1 is 1.50 bits per heavy atom. The van der Waals surface area contributed by atoms with Gasteiger partial charge in [0.2, 0.25) is 0 Å². The summed E-state index contributed by atoms with van der Waals surface area (Å²) in [6, 6.07) is 0. The molecule has 5 heteroatoms. The molecule has 0 saturated heterocycles. The molecule has 1 N–H and O–H groups in total. The molecule has 0 saturated carbocycles. The zero-order chi connectivity index (χ0) is 8.41. The standard InChI is InChI=1S/C5H14BO3P/c1-5(2,3)6-10(7,8)9-4/h6H,1-4H3,(H,7,8). The molecule has 0 aliphatic rings. The summed E-state index contributed by atoms with van der Waals surface area (Å²) in [7, 11) is -2.04. The average molecular weight is 164 g/mol. The number of rotatable bonds is 2. The van der Waals surface area contributed by atoms with Gasteiger partial charge in [0, 0.05) is 7.11 Å². The van der Waals surface area contributed by atoms with E-state index in [2.05, 4.69) is 4.52 Å². The molecule has 0 bridgehead atoms. The van der Waals surface area contributed by atoms with Gasteiger partial charge in [-0.25, -0.2) is 0 Å². The van der Waals surface area contributed by atoms with E-state index in [-0.39, 0.29) is 12.3 Å². The van der Waals surface area contributed by atoms with E-state index in [1.165, 1.54) is 7.11 Å². The molecule has 0 radical (unpaired) electrons. The Labute approximate surface area is 62.5 Å². The molecule has 60 valence electrons. The van der Waals surface area contributed by atoms with Gasteiger partial charge in [0.05, 0.1) is 0 Å². The number of hydrogen-bond acceptors (Lipinski definition) is 2. The molecule has 3 nitrogen and oxygen atoms in total. The monoisotopic (exact) mass is 164 g/mol. The maximum atomic E-state index is 10.9. The Morgan fingerprint density at radius 3 is 2.00 bits per heavy atom. The van der Waals surface area contributed by atoms with Crippen LogP contribution in [-0.2, 0) is 9.09 Å². The predicted octanol–water partition coefficient (Wildman–Crippen LogP) is 1.39. The van der Waals surface area contributed by atoms with Crippen molar-refractivity contribution in [3.63, 3.8) is 0 Å². The minimum Gasteiger partial charge on any atom is -0.332 e. The molecule has 0 spiro atoms. The Hall–Kier alpha value is 0.215. The van der Waals surface area contributed by atoms with Crippen LogP contribution >= 0.6 is 7.47 Å². The van der Waals surface area contributed by atoms with E-state index in [1.54, 1.807) is 0 Å². The summed E-state index contributed by atoms with van der Waals surface area (Å²) < 4.78 is 15.4. The Bertz CT molecular complexity index is 151. The van der Waals surface area contributed by atoms with Gasteiger partial charge in [-0.2, -0.15) is 0 Å². The maximum absolute atomic E-state index is 10.9. The van der Waals surface area contributed by atoms with Gasteiger partial charge >= 0.3 is 0 Å². The van der Waals surface area contributed by atoms with E-state index in [4.69, 9.17) is 4.89 Å². The smallest absolute Gasteiger partial charge is 0.275 e. The van der Waals surface area contributed by atoms with Crippen molar-refractivity contribution in [2.75, 3.05) is 7.11 Å². The van der Waals surface area contributed by atoms with E-state index in [9.17, 15) is 4.57 Å². The van der Waals surface area contributed by atoms with Gasteiger partial charge in [-0.1, -0.05) is 20.8 Å². The summed E-state index contributed by atoms with van der Waals surface area (Å²) in [5, 5.41) is -0.152. The van der Waals surface area contributed by atoms with Crippen LogP contribution in [0.25, 0.3) is 0 Å². The van der Waals surface area contributed by atoms with Gasteiger partial charge in [0.15, 0.2) is 0 Å². The molecule has 0 heterocycles. The minimum absolute atomic E-state index is 0.152. The Balaban J connectivity index is 4.03. The van der Waals surface area contributed by atoms with E-state index < -0.39 is 7.47 Å². The highest BCUT2D eigenvalue weighted by atomic mass is 31.2. The molecule has 0 rings (SSSR count). The zero-order valence-corrected chi connectivity index (χ0v) is 7.81. The first-order valence-corrected chi connectivity index (χ1v) is 4.91. The summed E-state index contributed by atoms with van der Waals surface area (Å²) in [4.78, 5) is 8.99. The molecule has 0 fully saturated rings. The summed E-state index contributed by atoms with van der Waals surface area (Å²) in [5.74, 6) is 0. The summed E-state index contributed by atoms with van der Waals surface area (Å²) in [6.07, 6.45) is 0. The molecule has 10 heavy (non-hydrogen) atoms. The molecule has 0 amide bonds. The highest BCUT2D eigenvalue weighted by molar-refractivity contribution is 7.83. The third-order valence-electron chi connectivity index (χ3n) is 0.959. The Kier molecular flexibility index (Phi) is 3.14. The molecular weight excluding hydrogens is 150 g/mol. The lowest BCUT2D eigenvalue weighted by atomic mass is 9.73. The van der Waals surface area contributed by atoms with Crippen molar-refractivity contribution in [2.45, 2.75) is 26.1 Å². The lowest BCUT2D eigenvalue weighted by Gasteiger charge is -2.18. The van der Waals surface area contributed by atoms with Crippen molar-refractivity contribution in [3.05, 3.63) is 0 Å². The third kappa shape index (κ3) is 5.04. The fourth-order valence-corrected chi connectivity index (χ4v) is 1.99. The van der Waals surface area contributed by atoms with Gasteiger partial charge in [-0.3, -0.25) is 4.57 Å². The van der Waals surface area contributed by atoms with Gasteiger partial charge < -0.3 is 9.42 Å². The van der Waals surface area contributed by atoms with Crippen molar-refractivity contribution in [3.8, 4) is 0 Å². The van der Waals surface area contributed by atoms with Gasteiger partial charge in [-0.15, -0.1) is 0 Å². The van der Waals surface area contributed by atoms with E-state index in [0.717, 1.165) is 0 Å². The summed E-state index contributed by atoms with van der Waals surface area (Å²) >= 11 is 0.